The molecule has 3 rings (SSSR count). The normalized spacial score (nSPS) is 14.2. The van der Waals surface area contributed by atoms with Crippen LogP contribution < -0.4 is 10.3 Å². The lowest BCUT2D eigenvalue weighted by Gasteiger charge is -2.29. The van der Waals surface area contributed by atoms with E-state index in [1.807, 2.05) is 12.1 Å². The number of carbonyl (C=O) groups excluding carboxylic acids is 1. The summed E-state index contributed by atoms with van der Waals surface area (Å²) in [4.78, 5) is 25.7. The molecule has 1 aliphatic rings. The van der Waals surface area contributed by atoms with Crippen molar-refractivity contribution < 1.29 is 14.5 Å². The fourth-order valence-corrected chi connectivity index (χ4v) is 3.55. The number of thioether (sulfide) groups is 1. The van der Waals surface area contributed by atoms with Crippen LogP contribution >= 0.6 is 23.4 Å². The van der Waals surface area contributed by atoms with Gasteiger partial charge in [0.25, 0.3) is 5.69 Å². The predicted molar refractivity (Wildman–Crippen MR) is 114 cm³/mol. The molecule has 2 aromatic rings. The maximum atomic E-state index is 12.0. The minimum Gasteiger partial charge on any atom is -0.378 e. The van der Waals surface area contributed by atoms with Crippen molar-refractivity contribution in [3.8, 4) is 0 Å². The molecule has 1 aliphatic heterocycles. The van der Waals surface area contributed by atoms with Gasteiger partial charge in [-0.1, -0.05) is 11.6 Å². The molecule has 1 heterocycles. The van der Waals surface area contributed by atoms with Gasteiger partial charge in [-0.3, -0.25) is 14.9 Å². The highest BCUT2D eigenvalue weighted by Gasteiger charge is 2.17. The number of amides is 1. The van der Waals surface area contributed by atoms with Crippen molar-refractivity contribution in [2.75, 3.05) is 37.0 Å². The van der Waals surface area contributed by atoms with Gasteiger partial charge in [0.2, 0.25) is 5.91 Å². The van der Waals surface area contributed by atoms with Crippen LogP contribution in [0.5, 0.6) is 0 Å². The quantitative estimate of drug-likeness (QED) is 0.311. The van der Waals surface area contributed by atoms with Gasteiger partial charge in [-0.2, -0.15) is 5.10 Å². The third-order valence-corrected chi connectivity index (χ3v) is 5.41. The number of hydrazone groups is 1. The summed E-state index contributed by atoms with van der Waals surface area (Å²) in [5.74, 6) is -0.0934. The fourth-order valence-electron chi connectivity index (χ4n) is 2.74. The van der Waals surface area contributed by atoms with Crippen LogP contribution in [0.4, 0.5) is 11.4 Å². The van der Waals surface area contributed by atoms with Crippen molar-refractivity contribution in [1.29, 1.82) is 0 Å². The predicted octanol–water partition coefficient (Wildman–Crippen LogP) is 3.33. The van der Waals surface area contributed by atoms with E-state index in [2.05, 4.69) is 15.4 Å². The van der Waals surface area contributed by atoms with Gasteiger partial charge in [-0.15, -0.1) is 11.8 Å². The summed E-state index contributed by atoms with van der Waals surface area (Å²) in [5.41, 5.74) is 3.80. The number of non-ortho nitro benzene ring substituents is 1. The van der Waals surface area contributed by atoms with Crippen LogP contribution in [0.15, 0.2) is 52.5 Å². The average Bonchev–Trinajstić information content (AvgIpc) is 2.74. The van der Waals surface area contributed by atoms with Crippen LogP contribution in [-0.2, 0) is 9.53 Å². The molecule has 10 heteroatoms. The van der Waals surface area contributed by atoms with Crippen molar-refractivity contribution in [3.63, 3.8) is 0 Å². The summed E-state index contributed by atoms with van der Waals surface area (Å²) in [6.45, 7) is 2.55. The molecule has 0 unspecified atom stereocenters. The second-order valence-electron chi connectivity index (χ2n) is 6.14. The van der Waals surface area contributed by atoms with Gasteiger partial charge in [-0.25, -0.2) is 5.43 Å². The number of nitrogens with zero attached hydrogens (tertiary/aromatic N) is 3. The SMILES string of the molecule is O=C(CSc1ccc(Cl)cc1)N/N=C/c1cc([N+](=O)[O-])ccc1N1CCOCC1. The lowest BCUT2D eigenvalue weighted by molar-refractivity contribution is -0.384. The number of benzene rings is 2. The first kappa shape index (κ1) is 21.1. The molecule has 1 fully saturated rings. The summed E-state index contributed by atoms with van der Waals surface area (Å²) >= 11 is 7.20. The number of ether oxygens (including phenoxy) is 1. The van der Waals surface area contributed by atoms with Crippen molar-refractivity contribution in [2.24, 2.45) is 5.10 Å². The third kappa shape index (κ3) is 6.18. The third-order valence-electron chi connectivity index (χ3n) is 4.15. The maximum absolute atomic E-state index is 12.0. The highest BCUT2D eigenvalue weighted by atomic mass is 35.5. The molecule has 152 valence electrons. The number of morpholine rings is 1. The van der Waals surface area contributed by atoms with E-state index < -0.39 is 4.92 Å². The van der Waals surface area contributed by atoms with Gasteiger partial charge in [-0.05, 0) is 30.3 Å². The van der Waals surface area contributed by atoms with Crippen LogP contribution in [0.2, 0.25) is 5.02 Å². The number of rotatable bonds is 7. The molecule has 0 spiro atoms. The van der Waals surface area contributed by atoms with Gasteiger partial charge in [0, 0.05) is 46.4 Å². The monoisotopic (exact) mass is 434 g/mol. The number of halogens is 1. The Morgan fingerprint density at radius 1 is 1.28 bits per heavy atom. The summed E-state index contributed by atoms with van der Waals surface area (Å²) < 4.78 is 5.36. The molecule has 8 nitrogen and oxygen atoms in total. The molecule has 1 saturated heterocycles. The summed E-state index contributed by atoms with van der Waals surface area (Å²) in [6.07, 6.45) is 1.43. The Kier molecular flexibility index (Phi) is 7.45. The molecule has 29 heavy (non-hydrogen) atoms. The first-order chi connectivity index (χ1) is 14.0. The van der Waals surface area contributed by atoms with Crippen molar-refractivity contribution in [3.05, 3.63) is 63.2 Å². The molecule has 0 aliphatic carbocycles. The molecule has 0 radical (unpaired) electrons. The van der Waals surface area contributed by atoms with Gasteiger partial charge in [0.05, 0.1) is 30.1 Å². The Morgan fingerprint density at radius 3 is 2.69 bits per heavy atom. The zero-order valence-electron chi connectivity index (χ0n) is 15.4. The van der Waals surface area contributed by atoms with Crippen LogP contribution in [0.25, 0.3) is 0 Å². The highest BCUT2D eigenvalue weighted by Crippen LogP contribution is 2.25. The second kappa shape index (κ2) is 10.2. The number of hydrogen-bond acceptors (Lipinski definition) is 7. The Morgan fingerprint density at radius 2 is 2.00 bits per heavy atom. The van der Waals surface area contributed by atoms with Gasteiger partial charge in [0.15, 0.2) is 0 Å². The molecule has 1 amide bonds. The van der Waals surface area contributed by atoms with E-state index >= 15 is 0 Å². The van der Waals surface area contributed by atoms with Crippen LogP contribution in [-0.4, -0.2) is 49.1 Å². The molecule has 0 bridgehead atoms. The summed E-state index contributed by atoms with van der Waals surface area (Å²) in [6, 6.07) is 11.8. The van der Waals surface area contributed by atoms with Crippen molar-refractivity contribution >= 4 is 46.9 Å². The van der Waals surface area contributed by atoms with E-state index in [1.54, 1.807) is 18.2 Å². The van der Waals surface area contributed by atoms with E-state index in [4.69, 9.17) is 16.3 Å². The van der Waals surface area contributed by atoms with E-state index in [0.29, 0.717) is 36.9 Å². The molecular formula is C19H19ClN4O4S. The van der Waals surface area contributed by atoms with Crippen LogP contribution in [0.3, 0.4) is 0 Å². The molecule has 2 aromatic carbocycles. The van der Waals surface area contributed by atoms with Gasteiger partial charge >= 0.3 is 0 Å². The van der Waals surface area contributed by atoms with E-state index in [9.17, 15) is 14.9 Å². The van der Waals surface area contributed by atoms with Crippen molar-refractivity contribution in [1.82, 2.24) is 5.43 Å². The van der Waals surface area contributed by atoms with E-state index in [1.165, 1.54) is 30.1 Å². The Balaban J connectivity index is 1.64. The second-order valence-corrected chi connectivity index (χ2v) is 7.62. The smallest absolute Gasteiger partial charge is 0.270 e. The fraction of sp³-hybridized carbons (Fsp3) is 0.263. The van der Waals surface area contributed by atoms with Crippen molar-refractivity contribution in [2.45, 2.75) is 4.90 Å². The number of nitro benzene ring substituents is 1. The minimum absolute atomic E-state index is 0.0342. The first-order valence-corrected chi connectivity index (χ1v) is 10.2. The van der Waals surface area contributed by atoms with Gasteiger partial charge < -0.3 is 9.64 Å². The number of carbonyl (C=O) groups is 1. The van der Waals surface area contributed by atoms with Crippen LogP contribution in [0.1, 0.15) is 5.56 Å². The number of hydrogen-bond donors (Lipinski definition) is 1. The molecular weight excluding hydrogens is 416 g/mol. The Hall–Kier alpha value is -2.62. The van der Waals surface area contributed by atoms with E-state index in [0.717, 1.165) is 10.6 Å². The molecule has 0 aromatic heterocycles. The summed E-state index contributed by atoms with van der Waals surface area (Å²) in [5, 5.41) is 15.7. The minimum atomic E-state index is -0.457. The average molecular weight is 435 g/mol. The summed E-state index contributed by atoms with van der Waals surface area (Å²) in [7, 11) is 0. The van der Waals surface area contributed by atoms with E-state index in [-0.39, 0.29) is 17.3 Å². The number of nitrogens with one attached hydrogen (secondary N) is 1. The standard InChI is InChI=1S/C19H19ClN4O4S/c20-15-1-4-17(5-2-15)29-13-19(25)22-21-12-14-11-16(24(26)27)3-6-18(14)23-7-9-28-10-8-23/h1-6,11-12H,7-10,13H2,(H,22,25)/b21-12+. The highest BCUT2D eigenvalue weighted by molar-refractivity contribution is 8.00. The number of anilines is 1. The lowest BCUT2D eigenvalue weighted by atomic mass is 10.1. The maximum Gasteiger partial charge on any atom is 0.270 e. The Labute approximate surface area is 177 Å². The zero-order chi connectivity index (χ0) is 20.6. The largest absolute Gasteiger partial charge is 0.378 e. The zero-order valence-corrected chi connectivity index (χ0v) is 17.0. The first-order valence-electron chi connectivity index (χ1n) is 8.84. The molecule has 1 N–H and O–H groups in total. The molecule has 0 saturated carbocycles. The van der Waals surface area contributed by atoms with Crippen LogP contribution in [0, 0.1) is 10.1 Å². The Bertz CT molecular complexity index is 902. The topological polar surface area (TPSA) is 97.1 Å². The lowest BCUT2D eigenvalue weighted by Crippen LogP contribution is -2.36. The number of nitro groups is 1. The van der Waals surface area contributed by atoms with Gasteiger partial charge in [0.1, 0.15) is 0 Å². The molecule has 0 atom stereocenters.